The molecule has 1 aliphatic heterocycles. The molecule has 1 aromatic carbocycles. The highest BCUT2D eigenvalue weighted by molar-refractivity contribution is 7.21. The van der Waals surface area contributed by atoms with Crippen LogP contribution in [0, 0.1) is 18.6 Å². The van der Waals surface area contributed by atoms with Gasteiger partial charge in [0, 0.05) is 23.7 Å². The molecule has 7 nitrogen and oxygen atoms in total. The first-order chi connectivity index (χ1) is 16.9. The molecule has 10 heteroatoms. The van der Waals surface area contributed by atoms with Gasteiger partial charge in [-0.15, -0.1) is 11.3 Å². The number of fused-ring (bicyclic) bond motifs is 1. The Bertz CT molecular complexity index is 1480. The van der Waals surface area contributed by atoms with Gasteiger partial charge in [0.25, 0.3) is 11.5 Å². The van der Waals surface area contributed by atoms with Gasteiger partial charge in [-0.25, -0.2) is 13.8 Å². The van der Waals surface area contributed by atoms with Crippen molar-refractivity contribution < 1.29 is 18.7 Å². The third-order valence-electron chi connectivity index (χ3n) is 6.09. The van der Waals surface area contributed by atoms with Crippen LogP contribution in [0.15, 0.2) is 53.3 Å². The van der Waals surface area contributed by atoms with E-state index < -0.39 is 22.9 Å². The van der Waals surface area contributed by atoms with Gasteiger partial charge in [0.2, 0.25) is 0 Å². The number of pyridine rings is 2. The number of thiophene rings is 1. The van der Waals surface area contributed by atoms with Crippen LogP contribution >= 0.6 is 11.3 Å². The molecule has 4 heterocycles. The largest absolute Gasteiger partial charge is 0.394 e. The van der Waals surface area contributed by atoms with Gasteiger partial charge in [0.1, 0.15) is 32.8 Å². The number of aromatic nitrogens is 2. The number of amides is 1. The summed E-state index contributed by atoms with van der Waals surface area (Å²) in [4.78, 5) is 33.1. The molecule has 2 N–H and O–H groups in total. The number of halogens is 2. The van der Waals surface area contributed by atoms with Crippen molar-refractivity contribution in [3.63, 3.8) is 0 Å². The third kappa shape index (κ3) is 4.08. The Labute approximate surface area is 203 Å². The predicted octanol–water partition coefficient (Wildman–Crippen LogP) is 4.37. The molecule has 0 saturated carbocycles. The van der Waals surface area contributed by atoms with Crippen molar-refractivity contribution in [1.82, 2.24) is 14.5 Å². The van der Waals surface area contributed by atoms with Gasteiger partial charge in [0.05, 0.1) is 18.3 Å². The topological polar surface area (TPSA) is 87.5 Å². The molecule has 1 aliphatic rings. The van der Waals surface area contributed by atoms with Crippen molar-refractivity contribution in [3.8, 4) is 5.69 Å². The van der Waals surface area contributed by atoms with Gasteiger partial charge in [-0.05, 0) is 50.1 Å². The van der Waals surface area contributed by atoms with E-state index in [4.69, 9.17) is 0 Å². The van der Waals surface area contributed by atoms with E-state index in [2.05, 4.69) is 10.3 Å². The fraction of sp³-hybridized carbons (Fsp3) is 0.240. The Balaban J connectivity index is 1.76. The Morgan fingerprint density at radius 3 is 2.63 bits per heavy atom. The molecule has 3 aromatic heterocycles. The normalized spacial score (nSPS) is 15.7. The molecule has 35 heavy (non-hydrogen) atoms. The smallest absolute Gasteiger partial charge is 0.266 e. The number of hydrogen-bond donors (Lipinski definition) is 2. The first-order valence-electron chi connectivity index (χ1n) is 11.1. The highest BCUT2D eigenvalue weighted by Gasteiger charge is 2.33. The fourth-order valence-corrected chi connectivity index (χ4v) is 5.65. The average Bonchev–Trinajstić information content (AvgIpc) is 3.45. The van der Waals surface area contributed by atoms with Crippen LogP contribution in [0.5, 0.6) is 0 Å². The lowest BCUT2D eigenvalue weighted by molar-refractivity contribution is 0.0683. The van der Waals surface area contributed by atoms with Gasteiger partial charge in [-0.1, -0.05) is 12.1 Å². The van der Waals surface area contributed by atoms with E-state index in [-0.39, 0.29) is 28.3 Å². The molecule has 1 amide bonds. The van der Waals surface area contributed by atoms with Crippen LogP contribution in [0.4, 0.5) is 20.3 Å². The van der Waals surface area contributed by atoms with Crippen LogP contribution in [0.2, 0.25) is 0 Å². The molecule has 0 radical (unpaired) electrons. The number of aliphatic hydroxyl groups is 1. The van der Waals surface area contributed by atoms with Gasteiger partial charge >= 0.3 is 0 Å². The zero-order valence-corrected chi connectivity index (χ0v) is 19.6. The molecule has 4 aromatic rings. The molecule has 0 spiro atoms. The number of anilines is 2. The third-order valence-corrected chi connectivity index (χ3v) is 7.27. The summed E-state index contributed by atoms with van der Waals surface area (Å²) in [5.41, 5.74) is 0.0178. The number of nitrogens with one attached hydrogen (secondary N) is 1. The number of carbonyl (C=O) groups excluding carboxylic acids is 1. The van der Waals surface area contributed by atoms with Crippen LogP contribution in [-0.2, 0) is 0 Å². The van der Waals surface area contributed by atoms with Gasteiger partial charge < -0.3 is 15.3 Å². The number of rotatable bonds is 5. The van der Waals surface area contributed by atoms with Crippen molar-refractivity contribution in [1.29, 1.82) is 0 Å². The number of nitrogens with zero attached hydrogens (tertiary/aromatic N) is 3. The van der Waals surface area contributed by atoms with Crippen LogP contribution in [0.1, 0.15) is 28.2 Å². The van der Waals surface area contributed by atoms with E-state index in [1.54, 1.807) is 11.0 Å². The van der Waals surface area contributed by atoms with E-state index in [1.165, 1.54) is 18.2 Å². The average molecular weight is 497 g/mol. The Morgan fingerprint density at radius 2 is 1.91 bits per heavy atom. The zero-order valence-electron chi connectivity index (χ0n) is 18.8. The summed E-state index contributed by atoms with van der Waals surface area (Å²) in [5.74, 6) is -1.63. The van der Waals surface area contributed by atoms with E-state index in [1.807, 2.05) is 19.1 Å². The minimum atomic E-state index is -0.893. The molecule has 5 rings (SSSR count). The zero-order chi connectivity index (χ0) is 24.7. The Morgan fingerprint density at radius 1 is 1.17 bits per heavy atom. The minimum absolute atomic E-state index is 0.163. The minimum Gasteiger partial charge on any atom is -0.394 e. The number of aryl methyl sites for hydroxylation is 1. The van der Waals surface area contributed by atoms with E-state index in [0.717, 1.165) is 40.2 Å². The van der Waals surface area contributed by atoms with Crippen molar-refractivity contribution >= 4 is 39.0 Å². The summed E-state index contributed by atoms with van der Waals surface area (Å²) < 4.78 is 30.4. The molecule has 0 unspecified atom stereocenters. The lowest BCUT2D eigenvalue weighted by atomic mass is 10.2. The second kappa shape index (κ2) is 9.20. The van der Waals surface area contributed by atoms with Crippen LogP contribution < -0.4 is 10.9 Å². The Kier molecular flexibility index (Phi) is 6.08. The Hall–Kier alpha value is -3.63. The quantitative estimate of drug-likeness (QED) is 0.428. The molecule has 0 bridgehead atoms. The monoisotopic (exact) mass is 496 g/mol. The van der Waals surface area contributed by atoms with Crippen molar-refractivity contribution in [2.45, 2.75) is 25.8 Å². The summed E-state index contributed by atoms with van der Waals surface area (Å²) >= 11 is 0.974. The van der Waals surface area contributed by atoms with E-state index >= 15 is 0 Å². The second-order valence-corrected chi connectivity index (χ2v) is 9.37. The highest BCUT2D eigenvalue weighted by atomic mass is 32.1. The molecular formula is C25H22F2N4O3S. The maximum Gasteiger partial charge on any atom is 0.266 e. The van der Waals surface area contributed by atoms with Crippen LogP contribution in [0.3, 0.4) is 0 Å². The van der Waals surface area contributed by atoms with Gasteiger partial charge in [0.15, 0.2) is 0 Å². The van der Waals surface area contributed by atoms with Crippen LogP contribution in [0.25, 0.3) is 15.9 Å². The molecule has 1 saturated heterocycles. The van der Waals surface area contributed by atoms with Crippen molar-refractivity contribution in [2.75, 3.05) is 18.5 Å². The lowest BCUT2D eigenvalue weighted by Crippen LogP contribution is -2.37. The maximum atomic E-state index is 14.7. The van der Waals surface area contributed by atoms with Crippen molar-refractivity contribution in [2.24, 2.45) is 0 Å². The summed E-state index contributed by atoms with van der Waals surface area (Å²) in [7, 11) is 0. The molecule has 1 atom stereocenters. The molecule has 0 aliphatic carbocycles. The SMILES string of the molecule is Cc1cccc(Nc2c(C(=O)N3CCC[C@H]3CO)sc3c2ccc(=O)n3-c2c(F)cccc2F)n1. The number of carbonyl (C=O) groups is 1. The summed E-state index contributed by atoms with van der Waals surface area (Å²) in [5, 5.41) is 13.4. The van der Waals surface area contributed by atoms with Crippen LogP contribution in [-0.4, -0.2) is 44.7 Å². The molecule has 1 fully saturated rings. The standard InChI is InChI=1S/C25H22F2N4O3S/c1-14-5-2-9-19(28-14)29-21-16-10-11-20(33)31(22-17(26)7-3-8-18(22)27)25(16)35-23(21)24(34)30-12-4-6-15(30)13-32/h2-3,5,7-11,15,32H,4,6,12-13H2,1H3,(H,28,29)/t15-/m0/s1. The van der Waals surface area contributed by atoms with E-state index in [0.29, 0.717) is 29.9 Å². The van der Waals surface area contributed by atoms with Gasteiger partial charge in [-0.3, -0.25) is 14.2 Å². The summed E-state index contributed by atoms with van der Waals surface area (Å²) in [6.45, 7) is 2.15. The summed E-state index contributed by atoms with van der Waals surface area (Å²) in [6, 6.07) is 11.2. The van der Waals surface area contributed by atoms with Gasteiger partial charge in [-0.2, -0.15) is 0 Å². The number of para-hydroxylation sites is 1. The number of hydrogen-bond acceptors (Lipinski definition) is 6. The van der Waals surface area contributed by atoms with Crippen molar-refractivity contribution in [3.05, 3.63) is 81.1 Å². The highest BCUT2D eigenvalue weighted by Crippen LogP contribution is 2.39. The predicted molar refractivity (Wildman–Crippen MR) is 131 cm³/mol. The van der Waals surface area contributed by atoms with E-state index in [9.17, 15) is 23.5 Å². The maximum absolute atomic E-state index is 14.7. The molecule has 180 valence electrons. The lowest BCUT2D eigenvalue weighted by Gasteiger charge is -2.23. The molecular weight excluding hydrogens is 474 g/mol. The fourth-order valence-electron chi connectivity index (χ4n) is 4.43. The number of benzene rings is 1. The number of likely N-dealkylation sites (tertiary alicyclic amines) is 1. The number of aliphatic hydroxyl groups excluding tert-OH is 1. The first-order valence-corrected chi connectivity index (χ1v) is 12.0. The summed E-state index contributed by atoms with van der Waals surface area (Å²) in [6.07, 6.45) is 1.44. The first kappa shape index (κ1) is 23.1. The second-order valence-electron chi connectivity index (χ2n) is 8.37.